The zero-order valence-electron chi connectivity index (χ0n) is 16.7. The van der Waals surface area contributed by atoms with Crippen LogP contribution in [0.3, 0.4) is 0 Å². The number of hydrogen-bond acceptors (Lipinski definition) is 9. The number of carbonyl (C=O) groups excluding carboxylic acids is 2. The van der Waals surface area contributed by atoms with Crippen LogP contribution < -0.4 is 16.4 Å². The second-order valence-corrected chi connectivity index (χ2v) is 9.86. The maximum Gasteiger partial charge on any atom is 0.423 e. The number of aliphatic hydroxyl groups excluding tert-OH is 5. The molecule has 1 aromatic heterocycles. The number of halogens is 3. The Morgan fingerprint density at radius 1 is 0.909 bits per heavy atom. The molecule has 15 heteroatoms. The molecule has 0 saturated carbocycles. The Bertz CT molecular complexity index is 1030. The van der Waals surface area contributed by atoms with Crippen molar-refractivity contribution in [3.63, 3.8) is 0 Å². The van der Waals surface area contributed by atoms with Crippen molar-refractivity contribution in [2.45, 2.75) is 18.8 Å². The fraction of sp³-hybridized carbons (Fsp3) is 0.389. The van der Waals surface area contributed by atoms with Gasteiger partial charge >= 0.3 is 5.76 Å². The minimum absolute atomic E-state index is 0.0154. The first-order valence-corrected chi connectivity index (χ1v) is 12.5. The van der Waals surface area contributed by atoms with Crippen LogP contribution in [0.4, 0.5) is 0 Å². The number of hydrogen-bond donors (Lipinski definition) is 7. The lowest BCUT2D eigenvalue weighted by molar-refractivity contribution is 0.0798. The van der Waals surface area contributed by atoms with E-state index in [4.69, 9.17) is 14.6 Å². The molecule has 2 rings (SSSR count). The average Bonchev–Trinajstić information content (AvgIpc) is 3.15. The fourth-order valence-corrected chi connectivity index (χ4v) is 7.29. The Hall–Kier alpha value is -0.840. The van der Waals surface area contributed by atoms with E-state index in [-0.39, 0.29) is 46.3 Å². The largest absolute Gasteiger partial charge is 0.423 e. The lowest BCUT2D eigenvalue weighted by Crippen LogP contribution is -2.37. The lowest BCUT2D eigenvalue weighted by atomic mass is 10.1. The SMILES string of the molecule is O=C(NCC(O)CO)c1c(I)c(C(=O)NCC(O)CO)c(I)c(-n2c(CO)coc2=O)c1I. The van der Waals surface area contributed by atoms with Gasteiger partial charge in [-0.15, -0.1) is 0 Å². The van der Waals surface area contributed by atoms with Crippen molar-refractivity contribution in [2.24, 2.45) is 0 Å². The van der Waals surface area contributed by atoms with Gasteiger partial charge in [-0.2, -0.15) is 0 Å². The molecule has 1 aromatic carbocycles. The van der Waals surface area contributed by atoms with Crippen molar-refractivity contribution < 1.29 is 39.5 Å². The molecular formula is C18H20I3N3O9. The Morgan fingerprint density at radius 3 is 1.76 bits per heavy atom. The highest BCUT2D eigenvalue weighted by Gasteiger charge is 2.30. The molecule has 0 fully saturated rings. The zero-order valence-corrected chi connectivity index (χ0v) is 23.2. The number of amides is 2. The van der Waals surface area contributed by atoms with E-state index in [0.29, 0.717) is 0 Å². The third-order valence-corrected chi connectivity index (χ3v) is 7.50. The van der Waals surface area contributed by atoms with E-state index < -0.39 is 49.6 Å². The van der Waals surface area contributed by atoms with Gasteiger partial charge in [0.25, 0.3) is 11.8 Å². The molecule has 2 atom stereocenters. The van der Waals surface area contributed by atoms with Gasteiger partial charge in [0.2, 0.25) is 0 Å². The number of aromatic nitrogens is 1. The summed E-state index contributed by atoms with van der Waals surface area (Å²) in [6.45, 7) is -2.23. The summed E-state index contributed by atoms with van der Waals surface area (Å²) in [5.41, 5.74) is 0.240. The molecule has 2 unspecified atom stereocenters. The van der Waals surface area contributed by atoms with Crippen LogP contribution in [-0.4, -0.2) is 80.4 Å². The molecule has 2 amide bonds. The molecule has 12 nitrogen and oxygen atoms in total. The van der Waals surface area contributed by atoms with Gasteiger partial charge in [-0.25, -0.2) is 9.36 Å². The first-order chi connectivity index (χ1) is 15.6. The number of carbonyl (C=O) groups is 2. The monoisotopic (exact) mass is 803 g/mol. The van der Waals surface area contributed by atoms with Crippen molar-refractivity contribution in [3.8, 4) is 5.69 Å². The van der Waals surface area contributed by atoms with Crippen LogP contribution in [0.2, 0.25) is 0 Å². The van der Waals surface area contributed by atoms with Crippen molar-refractivity contribution in [1.82, 2.24) is 15.2 Å². The van der Waals surface area contributed by atoms with Gasteiger partial charge in [0.05, 0.1) is 61.7 Å². The summed E-state index contributed by atoms with van der Waals surface area (Å²) in [7, 11) is 0. The first-order valence-electron chi connectivity index (χ1n) is 9.24. The smallest absolute Gasteiger partial charge is 0.416 e. The third kappa shape index (κ3) is 6.44. The Balaban J connectivity index is 2.74. The predicted octanol–water partition coefficient (Wildman–Crippen LogP) is -1.10. The maximum absolute atomic E-state index is 13.0. The standard InChI is InChI=1S/C18H20I3N3O9/c19-12-10(16(30)22-1-8(28)4-26)13(20)15(24-7(3-25)6-33-18(24)32)14(21)11(12)17(31)23-2-9(29)5-27/h6,8-9,25-29H,1-5H2,(H,22,30)(H,23,31). The molecule has 0 saturated heterocycles. The van der Waals surface area contributed by atoms with Gasteiger partial charge in [-0.05, 0) is 67.8 Å². The normalized spacial score (nSPS) is 13.0. The van der Waals surface area contributed by atoms with E-state index >= 15 is 0 Å². The van der Waals surface area contributed by atoms with Crippen LogP contribution in [0.5, 0.6) is 0 Å². The van der Waals surface area contributed by atoms with E-state index in [2.05, 4.69) is 10.6 Å². The maximum atomic E-state index is 13.0. The molecule has 0 radical (unpaired) electrons. The number of rotatable bonds is 10. The Morgan fingerprint density at radius 2 is 1.36 bits per heavy atom. The van der Waals surface area contributed by atoms with Crippen LogP contribution in [0.1, 0.15) is 26.4 Å². The van der Waals surface area contributed by atoms with E-state index in [9.17, 15) is 29.7 Å². The minimum atomic E-state index is -1.20. The van der Waals surface area contributed by atoms with Gasteiger partial charge < -0.3 is 40.6 Å². The van der Waals surface area contributed by atoms with Gasteiger partial charge in [-0.1, -0.05) is 0 Å². The number of oxazole rings is 1. The molecular weight excluding hydrogens is 783 g/mol. The highest BCUT2D eigenvalue weighted by molar-refractivity contribution is 14.1. The molecule has 0 spiro atoms. The lowest BCUT2D eigenvalue weighted by Gasteiger charge is -2.20. The van der Waals surface area contributed by atoms with Crippen molar-refractivity contribution >= 4 is 79.6 Å². The number of benzene rings is 1. The molecule has 7 N–H and O–H groups in total. The highest BCUT2D eigenvalue weighted by atomic mass is 127. The van der Waals surface area contributed by atoms with Gasteiger partial charge in [0.15, 0.2) is 0 Å². The minimum Gasteiger partial charge on any atom is -0.416 e. The zero-order chi connectivity index (χ0) is 24.9. The number of nitrogens with one attached hydrogen (secondary N) is 2. The summed E-state index contributed by atoms with van der Waals surface area (Å²) in [5.74, 6) is -2.21. The van der Waals surface area contributed by atoms with E-state index in [0.717, 1.165) is 10.8 Å². The molecule has 1 heterocycles. The quantitative estimate of drug-likeness (QED) is 0.146. The van der Waals surface area contributed by atoms with Crippen molar-refractivity contribution in [2.75, 3.05) is 26.3 Å². The van der Waals surface area contributed by atoms with Crippen LogP contribution >= 0.6 is 67.8 Å². The Labute approximate surface area is 227 Å². The molecule has 2 aromatic rings. The van der Waals surface area contributed by atoms with E-state index in [1.165, 1.54) is 0 Å². The highest BCUT2D eigenvalue weighted by Crippen LogP contribution is 2.34. The molecule has 0 aliphatic rings. The second kappa shape index (κ2) is 12.7. The summed E-state index contributed by atoms with van der Waals surface area (Å²) in [6.07, 6.45) is -1.35. The number of aliphatic hydroxyl groups is 5. The van der Waals surface area contributed by atoms with Crippen LogP contribution in [-0.2, 0) is 6.61 Å². The summed E-state index contributed by atoms with van der Waals surface area (Å²) < 4.78 is 6.68. The first kappa shape index (κ1) is 28.4. The second-order valence-electron chi connectivity index (χ2n) is 6.62. The van der Waals surface area contributed by atoms with Gasteiger partial charge in [0, 0.05) is 16.7 Å². The van der Waals surface area contributed by atoms with Gasteiger partial charge in [0.1, 0.15) is 6.26 Å². The summed E-state index contributed by atoms with van der Waals surface area (Å²) in [5, 5.41) is 51.7. The molecule has 33 heavy (non-hydrogen) atoms. The predicted molar refractivity (Wildman–Crippen MR) is 139 cm³/mol. The summed E-state index contributed by atoms with van der Waals surface area (Å²) >= 11 is 5.47. The van der Waals surface area contributed by atoms with Crippen molar-refractivity contribution in [1.29, 1.82) is 0 Å². The topological polar surface area (TPSA) is 194 Å². The van der Waals surface area contributed by atoms with Crippen LogP contribution in [0.15, 0.2) is 15.5 Å². The summed E-state index contributed by atoms with van der Waals surface area (Å²) in [4.78, 5) is 38.4. The van der Waals surface area contributed by atoms with Gasteiger partial charge in [-0.3, -0.25) is 9.59 Å². The van der Waals surface area contributed by atoms with Crippen LogP contribution in [0, 0.1) is 10.7 Å². The van der Waals surface area contributed by atoms with E-state index in [1.807, 2.05) is 45.2 Å². The Kier molecular flexibility index (Phi) is 11.0. The number of nitrogens with zero attached hydrogens (tertiary/aromatic N) is 1. The van der Waals surface area contributed by atoms with Crippen LogP contribution in [0.25, 0.3) is 5.69 Å². The third-order valence-electron chi connectivity index (χ3n) is 4.32. The van der Waals surface area contributed by atoms with Crippen molar-refractivity contribution in [3.05, 3.63) is 44.3 Å². The molecule has 0 aliphatic heterocycles. The molecule has 0 bridgehead atoms. The molecule has 0 aliphatic carbocycles. The average molecular weight is 803 g/mol. The summed E-state index contributed by atoms with van der Waals surface area (Å²) in [6, 6.07) is 0. The molecule has 182 valence electrons. The fourth-order valence-electron chi connectivity index (χ4n) is 2.66. The van der Waals surface area contributed by atoms with E-state index in [1.54, 1.807) is 22.6 Å².